The van der Waals surface area contributed by atoms with Crippen molar-refractivity contribution in [3.63, 3.8) is 0 Å². The zero-order chi connectivity index (χ0) is 15.8. The average Bonchev–Trinajstić information content (AvgIpc) is 2.44. The van der Waals surface area contributed by atoms with E-state index in [1.807, 2.05) is 13.8 Å². The minimum atomic E-state index is -0.929. The molecule has 0 saturated heterocycles. The lowest BCUT2D eigenvalue weighted by Gasteiger charge is -2.20. The molecular formula is C16H21NO4. The molecule has 21 heavy (non-hydrogen) atoms. The number of ether oxygens (including phenoxy) is 1. The van der Waals surface area contributed by atoms with Crippen LogP contribution in [0.5, 0.6) is 5.75 Å². The van der Waals surface area contributed by atoms with Crippen molar-refractivity contribution < 1.29 is 19.4 Å². The highest BCUT2D eigenvalue weighted by Gasteiger charge is 2.20. The van der Waals surface area contributed by atoms with Crippen molar-refractivity contribution in [3.8, 4) is 5.75 Å². The van der Waals surface area contributed by atoms with Gasteiger partial charge in [-0.15, -0.1) is 0 Å². The van der Waals surface area contributed by atoms with Gasteiger partial charge in [-0.2, -0.15) is 0 Å². The number of nitrogens with one attached hydrogen (secondary N) is 1. The summed E-state index contributed by atoms with van der Waals surface area (Å²) in [5.74, 6) is -0.523. The predicted molar refractivity (Wildman–Crippen MR) is 80.5 cm³/mol. The third kappa shape index (κ3) is 5.69. The molecule has 0 aliphatic carbocycles. The Hall–Kier alpha value is -2.30. The molecule has 0 heterocycles. The number of carboxylic acid groups (broad SMARTS) is 1. The van der Waals surface area contributed by atoms with Gasteiger partial charge in [0.15, 0.2) is 0 Å². The van der Waals surface area contributed by atoms with Gasteiger partial charge in [-0.3, -0.25) is 9.59 Å². The van der Waals surface area contributed by atoms with Crippen LogP contribution in [0.15, 0.2) is 36.9 Å². The molecule has 2 N–H and O–H groups in total. The summed E-state index contributed by atoms with van der Waals surface area (Å²) < 4.78 is 5.33. The number of hydrogen-bond donors (Lipinski definition) is 2. The largest absolute Gasteiger partial charge is 0.490 e. The highest BCUT2D eigenvalue weighted by Crippen LogP contribution is 2.13. The first-order valence-electron chi connectivity index (χ1n) is 6.80. The second kappa shape index (κ2) is 8.09. The van der Waals surface area contributed by atoms with Gasteiger partial charge in [-0.1, -0.05) is 26.5 Å². The molecule has 1 amide bonds. The standard InChI is InChI=1S/C16H21NO4/c1-4-9-21-13-7-5-12(6-8-13)16(20)17-14(11(2)3)10-15(18)19/h4-8,11,14H,1,9-10H2,2-3H3,(H,17,20)(H,18,19). The number of carbonyl (C=O) groups excluding carboxylic acids is 1. The molecule has 0 aliphatic heterocycles. The Morgan fingerprint density at radius 1 is 1.33 bits per heavy atom. The van der Waals surface area contributed by atoms with Crippen molar-refractivity contribution in [2.24, 2.45) is 5.92 Å². The normalized spacial score (nSPS) is 11.8. The Morgan fingerprint density at radius 2 is 1.95 bits per heavy atom. The van der Waals surface area contributed by atoms with Gasteiger partial charge in [0.1, 0.15) is 12.4 Å². The van der Waals surface area contributed by atoms with Gasteiger partial charge >= 0.3 is 5.97 Å². The fourth-order valence-electron chi connectivity index (χ4n) is 1.75. The minimum Gasteiger partial charge on any atom is -0.490 e. The second-order valence-electron chi connectivity index (χ2n) is 5.05. The Bertz CT molecular complexity index is 494. The van der Waals surface area contributed by atoms with E-state index in [9.17, 15) is 9.59 Å². The molecule has 0 aliphatic rings. The van der Waals surface area contributed by atoms with Gasteiger partial charge < -0.3 is 15.2 Å². The molecule has 5 nitrogen and oxygen atoms in total. The van der Waals surface area contributed by atoms with Crippen LogP contribution in [-0.4, -0.2) is 29.6 Å². The minimum absolute atomic E-state index is 0.0419. The Labute approximate surface area is 124 Å². The molecule has 5 heteroatoms. The molecule has 114 valence electrons. The zero-order valence-corrected chi connectivity index (χ0v) is 12.3. The number of rotatable bonds is 8. The van der Waals surface area contributed by atoms with Crippen LogP contribution in [-0.2, 0) is 4.79 Å². The number of benzene rings is 1. The molecule has 0 saturated carbocycles. The number of hydrogen-bond acceptors (Lipinski definition) is 3. The summed E-state index contributed by atoms with van der Waals surface area (Å²) in [4.78, 5) is 22.9. The van der Waals surface area contributed by atoms with Crippen LogP contribution >= 0.6 is 0 Å². The summed E-state index contributed by atoms with van der Waals surface area (Å²) in [6.45, 7) is 7.71. The molecule has 1 aromatic rings. The maximum atomic E-state index is 12.1. The topological polar surface area (TPSA) is 75.6 Å². The molecule has 1 rings (SSSR count). The lowest BCUT2D eigenvalue weighted by atomic mass is 10.0. The fourth-order valence-corrected chi connectivity index (χ4v) is 1.75. The molecule has 0 bridgehead atoms. The first-order valence-corrected chi connectivity index (χ1v) is 6.80. The number of carboxylic acids is 1. The van der Waals surface area contributed by atoms with Crippen LogP contribution < -0.4 is 10.1 Å². The van der Waals surface area contributed by atoms with Gasteiger partial charge in [0.05, 0.1) is 6.42 Å². The molecular weight excluding hydrogens is 270 g/mol. The smallest absolute Gasteiger partial charge is 0.305 e. The number of carbonyl (C=O) groups is 2. The first-order chi connectivity index (χ1) is 9.93. The van der Waals surface area contributed by atoms with Crippen LogP contribution in [0.2, 0.25) is 0 Å². The van der Waals surface area contributed by atoms with E-state index in [0.29, 0.717) is 17.9 Å². The second-order valence-corrected chi connectivity index (χ2v) is 5.05. The van der Waals surface area contributed by atoms with E-state index in [1.54, 1.807) is 30.3 Å². The quantitative estimate of drug-likeness (QED) is 0.721. The summed E-state index contributed by atoms with van der Waals surface area (Å²) in [6.07, 6.45) is 1.55. The fraction of sp³-hybridized carbons (Fsp3) is 0.375. The molecule has 1 atom stereocenters. The van der Waals surface area contributed by atoms with E-state index in [1.165, 1.54) is 0 Å². The third-order valence-corrected chi connectivity index (χ3v) is 3.00. The lowest BCUT2D eigenvalue weighted by molar-refractivity contribution is -0.137. The van der Waals surface area contributed by atoms with Crippen LogP contribution in [0.4, 0.5) is 0 Å². The van der Waals surface area contributed by atoms with Crippen LogP contribution in [0.3, 0.4) is 0 Å². The number of amides is 1. The maximum Gasteiger partial charge on any atom is 0.305 e. The Kier molecular flexibility index (Phi) is 6.46. The highest BCUT2D eigenvalue weighted by atomic mass is 16.5. The van der Waals surface area contributed by atoms with Crippen molar-refractivity contribution in [2.45, 2.75) is 26.3 Å². The molecule has 0 radical (unpaired) electrons. The van der Waals surface area contributed by atoms with Crippen molar-refractivity contribution in [1.82, 2.24) is 5.32 Å². The lowest BCUT2D eigenvalue weighted by Crippen LogP contribution is -2.40. The summed E-state index contributed by atoms with van der Waals surface area (Å²) in [5, 5.41) is 11.6. The van der Waals surface area contributed by atoms with Crippen LogP contribution in [0, 0.1) is 5.92 Å². The molecule has 1 unspecified atom stereocenters. The molecule has 1 aromatic carbocycles. The van der Waals surface area contributed by atoms with E-state index in [2.05, 4.69) is 11.9 Å². The first kappa shape index (κ1) is 16.8. The van der Waals surface area contributed by atoms with Gasteiger partial charge in [0, 0.05) is 11.6 Å². The van der Waals surface area contributed by atoms with E-state index in [4.69, 9.17) is 9.84 Å². The Balaban J connectivity index is 2.69. The zero-order valence-electron chi connectivity index (χ0n) is 12.3. The van der Waals surface area contributed by atoms with E-state index >= 15 is 0 Å². The van der Waals surface area contributed by atoms with Crippen molar-refractivity contribution in [1.29, 1.82) is 0 Å². The van der Waals surface area contributed by atoms with Gasteiger partial charge in [0.25, 0.3) is 5.91 Å². The van der Waals surface area contributed by atoms with Crippen molar-refractivity contribution >= 4 is 11.9 Å². The van der Waals surface area contributed by atoms with Crippen LogP contribution in [0.1, 0.15) is 30.6 Å². The predicted octanol–water partition coefficient (Wildman–Crippen LogP) is 2.48. The highest BCUT2D eigenvalue weighted by molar-refractivity contribution is 5.94. The molecule has 0 aromatic heterocycles. The van der Waals surface area contributed by atoms with E-state index in [-0.39, 0.29) is 18.2 Å². The van der Waals surface area contributed by atoms with Gasteiger partial charge in [-0.25, -0.2) is 0 Å². The van der Waals surface area contributed by atoms with E-state index < -0.39 is 12.0 Å². The van der Waals surface area contributed by atoms with Gasteiger partial charge in [-0.05, 0) is 30.2 Å². The summed E-state index contributed by atoms with van der Waals surface area (Å²) in [7, 11) is 0. The summed E-state index contributed by atoms with van der Waals surface area (Å²) in [5.41, 5.74) is 0.469. The SMILES string of the molecule is C=CCOc1ccc(C(=O)NC(CC(=O)O)C(C)C)cc1. The average molecular weight is 291 g/mol. The van der Waals surface area contributed by atoms with Crippen LogP contribution in [0.25, 0.3) is 0 Å². The van der Waals surface area contributed by atoms with Crippen molar-refractivity contribution in [2.75, 3.05) is 6.61 Å². The van der Waals surface area contributed by atoms with Crippen molar-refractivity contribution in [3.05, 3.63) is 42.5 Å². The molecule has 0 spiro atoms. The Morgan fingerprint density at radius 3 is 2.43 bits per heavy atom. The maximum absolute atomic E-state index is 12.1. The number of aliphatic carboxylic acids is 1. The van der Waals surface area contributed by atoms with Gasteiger partial charge in [0.2, 0.25) is 0 Å². The monoisotopic (exact) mass is 291 g/mol. The molecule has 0 fully saturated rings. The van der Waals surface area contributed by atoms with E-state index in [0.717, 1.165) is 0 Å². The third-order valence-electron chi connectivity index (χ3n) is 3.00. The summed E-state index contributed by atoms with van der Waals surface area (Å²) >= 11 is 0. The summed E-state index contributed by atoms with van der Waals surface area (Å²) in [6, 6.07) is 6.28.